The molecule has 0 bridgehead atoms. The Bertz CT molecular complexity index is 787. The van der Waals surface area contributed by atoms with Gasteiger partial charge in [-0.2, -0.15) is 0 Å². The van der Waals surface area contributed by atoms with Crippen molar-refractivity contribution in [3.8, 4) is 0 Å². The third-order valence-electron chi connectivity index (χ3n) is 2.89. The summed E-state index contributed by atoms with van der Waals surface area (Å²) in [5.74, 6) is -0.751. The molecular formula is C14H16N2O4S. The van der Waals surface area contributed by atoms with Gasteiger partial charge in [-0.1, -0.05) is 18.2 Å². The van der Waals surface area contributed by atoms with Gasteiger partial charge in [0, 0.05) is 17.7 Å². The van der Waals surface area contributed by atoms with Crippen LogP contribution in [0.2, 0.25) is 0 Å². The average molecular weight is 308 g/mol. The minimum atomic E-state index is -3.12. The van der Waals surface area contributed by atoms with Gasteiger partial charge in [0.15, 0.2) is 0 Å². The van der Waals surface area contributed by atoms with Gasteiger partial charge in [0.1, 0.15) is 15.7 Å². The molecule has 112 valence electrons. The van der Waals surface area contributed by atoms with Crippen LogP contribution >= 0.6 is 0 Å². The Morgan fingerprint density at radius 1 is 1.38 bits per heavy atom. The lowest BCUT2D eigenvalue weighted by atomic mass is 10.1. The average Bonchev–Trinajstić information content (AvgIpc) is 2.35. The molecule has 0 radical (unpaired) electrons. The number of carboxylic acids is 1. The fourth-order valence-corrected chi connectivity index (χ4v) is 3.17. The first-order valence-electron chi connectivity index (χ1n) is 6.33. The molecule has 0 amide bonds. The van der Waals surface area contributed by atoms with Crippen LogP contribution in [0.4, 0.5) is 5.82 Å². The first-order chi connectivity index (χ1) is 9.76. The molecule has 6 nitrogen and oxygen atoms in total. The van der Waals surface area contributed by atoms with Crippen LogP contribution in [0.1, 0.15) is 17.3 Å². The van der Waals surface area contributed by atoms with E-state index in [1.165, 1.54) is 6.07 Å². The second-order valence-corrected chi connectivity index (χ2v) is 7.20. The maximum atomic E-state index is 11.3. The lowest BCUT2D eigenvalue weighted by molar-refractivity contribution is 0.0699. The van der Waals surface area contributed by atoms with Gasteiger partial charge < -0.3 is 10.4 Å². The van der Waals surface area contributed by atoms with Gasteiger partial charge in [0.05, 0.1) is 16.8 Å². The van der Waals surface area contributed by atoms with Crippen LogP contribution in [0.3, 0.4) is 0 Å². The number of nitrogens with one attached hydrogen (secondary N) is 1. The molecule has 0 fully saturated rings. The third-order valence-corrected chi connectivity index (χ3v) is 4.00. The number of fused-ring (bicyclic) bond motifs is 1. The van der Waals surface area contributed by atoms with Gasteiger partial charge in [-0.25, -0.2) is 18.2 Å². The number of para-hydroxylation sites is 1. The van der Waals surface area contributed by atoms with E-state index < -0.39 is 15.8 Å². The van der Waals surface area contributed by atoms with E-state index in [-0.39, 0.29) is 17.4 Å². The number of hydrogen-bond acceptors (Lipinski definition) is 5. The monoisotopic (exact) mass is 308 g/mol. The Morgan fingerprint density at radius 3 is 2.67 bits per heavy atom. The molecule has 0 aliphatic carbocycles. The Morgan fingerprint density at radius 2 is 2.05 bits per heavy atom. The lowest BCUT2D eigenvalue weighted by Gasteiger charge is -2.14. The van der Waals surface area contributed by atoms with E-state index in [1.54, 1.807) is 31.2 Å². The molecule has 1 atom stereocenters. The van der Waals surface area contributed by atoms with Gasteiger partial charge in [0.2, 0.25) is 0 Å². The normalized spacial score (nSPS) is 13.0. The fraction of sp³-hybridized carbons (Fsp3) is 0.286. The van der Waals surface area contributed by atoms with Crippen molar-refractivity contribution < 1.29 is 18.3 Å². The van der Waals surface area contributed by atoms with Gasteiger partial charge in [0.25, 0.3) is 0 Å². The highest BCUT2D eigenvalue weighted by Gasteiger charge is 2.14. The summed E-state index contributed by atoms with van der Waals surface area (Å²) in [7, 11) is -3.12. The van der Waals surface area contributed by atoms with Crippen molar-refractivity contribution in [2.24, 2.45) is 0 Å². The largest absolute Gasteiger partial charge is 0.478 e. The molecule has 0 aliphatic heterocycles. The minimum absolute atomic E-state index is 0.0517. The highest BCUT2D eigenvalue weighted by atomic mass is 32.2. The van der Waals surface area contributed by atoms with Crippen molar-refractivity contribution in [2.45, 2.75) is 13.0 Å². The zero-order valence-corrected chi connectivity index (χ0v) is 12.5. The van der Waals surface area contributed by atoms with Crippen LogP contribution in [-0.4, -0.2) is 42.5 Å². The number of nitrogens with zero attached hydrogens (tertiary/aromatic N) is 1. The fourth-order valence-electron chi connectivity index (χ4n) is 2.17. The summed E-state index contributed by atoms with van der Waals surface area (Å²) in [5.41, 5.74) is 0.682. The molecule has 0 spiro atoms. The summed E-state index contributed by atoms with van der Waals surface area (Å²) in [6, 6.07) is 7.98. The second kappa shape index (κ2) is 5.69. The summed E-state index contributed by atoms with van der Waals surface area (Å²) < 4.78 is 22.5. The van der Waals surface area contributed by atoms with Crippen LogP contribution in [0, 0.1) is 0 Å². The molecule has 21 heavy (non-hydrogen) atoms. The van der Waals surface area contributed by atoms with Crippen LogP contribution in [0.15, 0.2) is 30.3 Å². The van der Waals surface area contributed by atoms with Gasteiger partial charge in [-0.05, 0) is 19.1 Å². The van der Waals surface area contributed by atoms with Crippen molar-refractivity contribution in [3.63, 3.8) is 0 Å². The lowest BCUT2D eigenvalue weighted by Crippen LogP contribution is -2.25. The summed E-state index contributed by atoms with van der Waals surface area (Å²) in [5, 5.41) is 12.8. The quantitative estimate of drug-likeness (QED) is 0.874. The van der Waals surface area contributed by atoms with Crippen molar-refractivity contribution in [1.82, 2.24) is 4.98 Å². The van der Waals surface area contributed by atoms with E-state index in [0.717, 1.165) is 6.26 Å². The Balaban J connectivity index is 2.39. The molecule has 0 saturated carbocycles. The first-order valence-corrected chi connectivity index (χ1v) is 8.39. The SMILES string of the molecule is CC(CS(C)(=O)=O)Nc1cc(C(=O)O)c2ccccc2n1. The molecule has 1 heterocycles. The predicted octanol–water partition coefficient (Wildman–Crippen LogP) is 1.78. The van der Waals surface area contributed by atoms with Crippen molar-refractivity contribution in [3.05, 3.63) is 35.9 Å². The summed E-state index contributed by atoms with van der Waals surface area (Å²) in [6.45, 7) is 1.71. The third kappa shape index (κ3) is 3.91. The highest BCUT2D eigenvalue weighted by molar-refractivity contribution is 7.90. The van der Waals surface area contributed by atoms with E-state index in [0.29, 0.717) is 16.7 Å². The molecule has 2 aromatic rings. The van der Waals surface area contributed by atoms with E-state index in [1.807, 2.05) is 0 Å². The van der Waals surface area contributed by atoms with Gasteiger partial charge in [-0.3, -0.25) is 0 Å². The smallest absolute Gasteiger partial charge is 0.336 e. The molecule has 2 rings (SSSR count). The van der Waals surface area contributed by atoms with Crippen molar-refractivity contribution in [2.75, 3.05) is 17.3 Å². The number of benzene rings is 1. The van der Waals surface area contributed by atoms with E-state index in [4.69, 9.17) is 0 Å². The number of hydrogen-bond donors (Lipinski definition) is 2. The highest BCUT2D eigenvalue weighted by Crippen LogP contribution is 2.21. The van der Waals surface area contributed by atoms with Gasteiger partial charge in [-0.15, -0.1) is 0 Å². The zero-order chi connectivity index (χ0) is 15.6. The maximum Gasteiger partial charge on any atom is 0.336 e. The van der Waals surface area contributed by atoms with Crippen LogP contribution in [0.25, 0.3) is 10.9 Å². The molecule has 0 aliphatic rings. The number of anilines is 1. The summed E-state index contributed by atoms with van der Waals surface area (Å²) >= 11 is 0. The van der Waals surface area contributed by atoms with E-state index in [9.17, 15) is 18.3 Å². The topological polar surface area (TPSA) is 96.4 Å². The zero-order valence-electron chi connectivity index (χ0n) is 11.7. The van der Waals surface area contributed by atoms with Crippen molar-refractivity contribution >= 4 is 32.5 Å². The molecule has 2 N–H and O–H groups in total. The number of carboxylic acid groups (broad SMARTS) is 1. The maximum absolute atomic E-state index is 11.3. The minimum Gasteiger partial charge on any atom is -0.478 e. The number of aromatic carboxylic acids is 1. The molecular weight excluding hydrogens is 292 g/mol. The van der Waals surface area contributed by atoms with E-state index >= 15 is 0 Å². The number of sulfone groups is 1. The molecule has 0 saturated heterocycles. The van der Waals surface area contributed by atoms with E-state index in [2.05, 4.69) is 10.3 Å². The summed E-state index contributed by atoms with van der Waals surface area (Å²) in [4.78, 5) is 15.6. The Labute approximate surface area is 122 Å². The van der Waals surface area contributed by atoms with Crippen molar-refractivity contribution in [1.29, 1.82) is 0 Å². The second-order valence-electron chi connectivity index (χ2n) is 5.02. The molecule has 1 aromatic carbocycles. The summed E-state index contributed by atoms with van der Waals surface area (Å²) in [6.07, 6.45) is 1.15. The van der Waals surface area contributed by atoms with Gasteiger partial charge >= 0.3 is 5.97 Å². The predicted molar refractivity (Wildman–Crippen MR) is 81.5 cm³/mol. The first kappa shape index (κ1) is 15.2. The molecule has 1 aromatic heterocycles. The Kier molecular flexibility index (Phi) is 4.13. The number of rotatable bonds is 5. The van der Waals surface area contributed by atoms with Crippen LogP contribution in [-0.2, 0) is 9.84 Å². The Hall–Kier alpha value is -2.15. The van der Waals surface area contributed by atoms with Crippen LogP contribution < -0.4 is 5.32 Å². The number of aromatic nitrogens is 1. The van der Waals surface area contributed by atoms with Crippen LogP contribution in [0.5, 0.6) is 0 Å². The molecule has 7 heteroatoms. The molecule has 1 unspecified atom stereocenters. The number of carbonyl (C=O) groups is 1. The number of pyridine rings is 1. The standard InChI is InChI=1S/C14H16N2O4S/c1-9(8-21(2,19)20)15-13-7-11(14(17)18)10-5-3-4-6-12(10)16-13/h3-7,9H,8H2,1-2H3,(H,15,16)(H,17,18).